The molecule has 216 valence electrons. The van der Waals surface area contributed by atoms with Gasteiger partial charge in [0.1, 0.15) is 73.2 Å². The van der Waals surface area contributed by atoms with Gasteiger partial charge in [-0.2, -0.15) is 0 Å². The van der Waals surface area contributed by atoms with Gasteiger partial charge in [-0.3, -0.25) is 4.79 Å². The van der Waals surface area contributed by atoms with E-state index in [1.807, 2.05) is 0 Å². The average Bonchev–Trinajstić information content (AvgIpc) is 2.87. The number of carbonyl (C=O) groups excluding carboxylic acids is 1. The Balaban J connectivity index is 1.74. The normalized spacial score (nSPS) is 49.0. The van der Waals surface area contributed by atoms with Crippen molar-refractivity contribution in [1.82, 2.24) is 5.32 Å². The summed E-state index contributed by atoms with van der Waals surface area (Å²) in [7, 11) is 0. The third-order valence-corrected chi connectivity index (χ3v) is 6.49. The Kier molecular flexibility index (Phi) is 10.5. The Morgan fingerprint density at radius 1 is 0.649 bits per heavy atom. The van der Waals surface area contributed by atoms with Crippen molar-refractivity contribution in [2.75, 3.05) is 19.8 Å². The average molecular weight is 545 g/mol. The molecule has 3 aliphatic rings. The zero-order chi connectivity index (χ0) is 27.6. The molecule has 3 heterocycles. The number of ether oxygens (including phenoxy) is 5. The molecule has 0 aromatic rings. The number of hydrogen-bond donors (Lipinski definition) is 11. The van der Waals surface area contributed by atoms with Crippen molar-refractivity contribution in [1.29, 1.82) is 0 Å². The van der Waals surface area contributed by atoms with Gasteiger partial charge in [-0.25, -0.2) is 0 Å². The topological polar surface area (TPSA) is 278 Å². The van der Waals surface area contributed by atoms with Crippen molar-refractivity contribution >= 4 is 5.91 Å². The van der Waals surface area contributed by atoms with Gasteiger partial charge in [0.2, 0.25) is 5.91 Å². The molecular weight excluding hydrogens is 510 g/mol. The first kappa shape index (κ1) is 30.4. The number of hydrogen-bond acceptors (Lipinski definition) is 16. The van der Waals surface area contributed by atoms with Crippen LogP contribution in [-0.2, 0) is 28.5 Å². The molecule has 17 heteroatoms. The van der Waals surface area contributed by atoms with Crippen LogP contribution in [0.2, 0.25) is 0 Å². The minimum absolute atomic E-state index is 0.620. The molecule has 0 saturated carbocycles. The molecule has 3 aliphatic heterocycles. The summed E-state index contributed by atoms with van der Waals surface area (Å²) < 4.78 is 26.9. The highest BCUT2D eigenvalue weighted by atomic mass is 16.7. The quantitative estimate of drug-likeness (QED) is 0.135. The molecule has 0 aromatic carbocycles. The fourth-order valence-electron chi connectivity index (χ4n) is 4.46. The van der Waals surface area contributed by atoms with Crippen molar-refractivity contribution in [3.05, 3.63) is 0 Å². The molecule has 0 radical (unpaired) electrons. The van der Waals surface area contributed by atoms with Gasteiger partial charge >= 0.3 is 0 Å². The Hall–Kier alpha value is -1.13. The van der Waals surface area contributed by atoms with Crippen LogP contribution in [-0.4, -0.2) is 169 Å². The Labute approximate surface area is 210 Å². The van der Waals surface area contributed by atoms with E-state index in [1.54, 1.807) is 0 Å². The van der Waals surface area contributed by atoms with E-state index in [1.165, 1.54) is 0 Å². The van der Waals surface area contributed by atoms with Crippen LogP contribution in [0.25, 0.3) is 0 Å². The molecule has 0 bridgehead atoms. The van der Waals surface area contributed by atoms with Gasteiger partial charge in [0, 0.05) is 6.92 Å². The van der Waals surface area contributed by atoms with Crippen LogP contribution in [0.1, 0.15) is 6.92 Å². The van der Waals surface area contributed by atoms with Gasteiger partial charge in [0.25, 0.3) is 0 Å². The van der Waals surface area contributed by atoms with Crippen LogP contribution < -0.4 is 5.32 Å². The summed E-state index contributed by atoms with van der Waals surface area (Å²) in [5.74, 6) is -0.620. The monoisotopic (exact) mass is 545 g/mol. The number of rotatable bonds is 8. The second kappa shape index (κ2) is 12.8. The zero-order valence-electron chi connectivity index (χ0n) is 19.7. The first-order valence-corrected chi connectivity index (χ1v) is 11.6. The maximum Gasteiger partial charge on any atom is 0.217 e. The lowest BCUT2D eigenvalue weighted by Gasteiger charge is -2.48. The molecule has 0 aromatic heterocycles. The minimum Gasteiger partial charge on any atom is -0.394 e. The summed E-state index contributed by atoms with van der Waals surface area (Å²) in [6.07, 6.45) is -23.2. The van der Waals surface area contributed by atoms with E-state index in [9.17, 15) is 55.9 Å². The summed E-state index contributed by atoms with van der Waals surface area (Å²) in [4.78, 5) is 11.4. The molecule has 0 unspecified atom stereocenters. The fraction of sp³-hybridized carbons (Fsp3) is 0.950. The van der Waals surface area contributed by atoms with Crippen molar-refractivity contribution in [3.8, 4) is 0 Å². The summed E-state index contributed by atoms with van der Waals surface area (Å²) in [5, 5.41) is 103. The van der Waals surface area contributed by atoms with Gasteiger partial charge in [0.05, 0.1) is 19.8 Å². The SMILES string of the molecule is CC(=O)N[C@@H]1[C@@H](O)[C@@H](O[C@@H]2O[C@H](CO)[C@H](O[C@H]3O[C@H](CO)[C@H](O)[C@H](O)[C@H]3O)[C@H](O)[C@H]2O)[C@@H](CO)O[C@H]1O. The van der Waals surface area contributed by atoms with E-state index in [-0.39, 0.29) is 0 Å². The van der Waals surface area contributed by atoms with Crippen LogP contribution in [0.3, 0.4) is 0 Å². The number of amides is 1. The van der Waals surface area contributed by atoms with Crippen molar-refractivity contribution < 1.29 is 79.5 Å². The maximum atomic E-state index is 11.4. The molecule has 37 heavy (non-hydrogen) atoms. The molecule has 0 aliphatic carbocycles. The van der Waals surface area contributed by atoms with Gasteiger partial charge in [-0.05, 0) is 0 Å². The van der Waals surface area contributed by atoms with Crippen LogP contribution in [0.5, 0.6) is 0 Å². The standard InChI is InChI=1S/C20H35NO16/c1-5(25)21-9-11(27)16(7(3-23)33-18(9)32)36-20-15(31)13(29)17(8(4-24)35-20)37-19-14(30)12(28)10(26)6(2-22)34-19/h6-20,22-24,26-32H,2-4H2,1H3,(H,21,25)/t6-,7-,8-,9-,10+,11-,12+,13-,14-,15-,16+,17+,18-,19-,20+/m1/s1. The second-order valence-electron chi connectivity index (χ2n) is 9.07. The summed E-state index contributed by atoms with van der Waals surface area (Å²) in [6, 6.07) is -1.38. The molecular formula is C20H35NO16. The minimum atomic E-state index is -1.92. The predicted molar refractivity (Wildman–Crippen MR) is 113 cm³/mol. The molecule has 15 atom stereocenters. The van der Waals surface area contributed by atoms with E-state index in [0.717, 1.165) is 6.92 Å². The van der Waals surface area contributed by atoms with Crippen molar-refractivity contribution in [2.24, 2.45) is 0 Å². The first-order chi connectivity index (χ1) is 17.4. The summed E-state index contributed by atoms with van der Waals surface area (Å²) in [6.45, 7) is -1.21. The van der Waals surface area contributed by atoms with E-state index < -0.39 is 118 Å². The lowest BCUT2D eigenvalue weighted by atomic mass is 9.95. The third kappa shape index (κ3) is 6.38. The highest BCUT2D eigenvalue weighted by molar-refractivity contribution is 5.73. The van der Waals surface area contributed by atoms with E-state index >= 15 is 0 Å². The molecule has 3 saturated heterocycles. The molecule has 17 nitrogen and oxygen atoms in total. The highest BCUT2D eigenvalue weighted by Gasteiger charge is 2.53. The number of carbonyl (C=O) groups is 1. The van der Waals surface area contributed by atoms with Crippen LogP contribution >= 0.6 is 0 Å². The number of nitrogens with one attached hydrogen (secondary N) is 1. The van der Waals surface area contributed by atoms with E-state index in [4.69, 9.17) is 23.7 Å². The molecule has 11 N–H and O–H groups in total. The summed E-state index contributed by atoms with van der Waals surface area (Å²) >= 11 is 0. The maximum absolute atomic E-state index is 11.4. The molecule has 3 fully saturated rings. The fourth-order valence-corrected chi connectivity index (χ4v) is 4.46. The second-order valence-corrected chi connectivity index (χ2v) is 9.07. The number of aliphatic hydroxyl groups is 10. The lowest BCUT2D eigenvalue weighted by molar-refractivity contribution is -0.373. The van der Waals surface area contributed by atoms with E-state index in [0.29, 0.717) is 0 Å². The van der Waals surface area contributed by atoms with Gasteiger partial charge in [-0.1, -0.05) is 0 Å². The van der Waals surface area contributed by atoms with Gasteiger partial charge in [-0.15, -0.1) is 0 Å². The van der Waals surface area contributed by atoms with Crippen LogP contribution in [0.4, 0.5) is 0 Å². The van der Waals surface area contributed by atoms with E-state index in [2.05, 4.69) is 5.32 Å². The van der Waals surface area contributed by atoms with Gasteiger partial charge in [0.15, 0.2) is 18.9 Å². The molecule has 1 amide bonds. The highest BCUT2D eigenvalue weighted by Crippen LogP contribution is 2.32. The Morgan fingerprint density at radius 2 is 1.11 bits per heavy atom. The molecule has 3 rings (SSSR count). The third-order valence-electron chi connectivity index (χ3n) is 6.49. The van der Waals surface area contributed by atoms with Crippen molar-refractivity contribution in [3.63, 3.8) is 0 Å². The van der Waals surface area contributed by atoms with Crippen LogP contribution in [0.15, 0.2) is 0 Å². The predicted octanol–water partition coefficient (Wildman–Crippen LogP) is -7.43. The lowest BCUT2D eigenvalue weighted by Crippen LogP contribution is -2.68. The Bertz CT molecular complexity index is 743. The first-order valence-electron chi connectivity index (χ1n) is 11.6. The molecule has 0 spiro atoms. The van der Waals surface area contributed by atoms with Crippen LogP contribution in [0, 0.1) is 0 Å². The number of aliphatic hydroxyl groups excluding tert-OH is 10. The Morgan fingerprint density at radius 3 is 1.62 bits per heavy atom. The summed E-state index contributed by atoms with van der Waals surface area (Å²) in [5.41, 5.74) is 0. The van der Waals surface area contributed by atoms with Gasteiger partial charge < -0.3 is 80.1 Å². The van der Waals surface area contributed by atoms with Crippen molar-refractivity contribution in [2.45, 2.75) is 99.0 Å². The largest absolute Gasteiger partial charge is 0.394 e. The smallest absolute Gasteiger partial charge is 0.217 e. The zero-order valence-corrected chi connectivity index (χ0v) is 19.7.